The van der Waals surface area contributed by atoms with E-state index in [2.05, 4.69) is 5.32 Å². The van der Waals surface area contributed by atoms with E-state index in [1.54, 1.807) is 19.2 Å². The maximum atomic E-state index is 12.5. The van der Waals surface area contributed by atoms with Gasteiger partial charge in [0.15, 0.2) is 0 Å². The molecule has 1 aliphatic rings. The highest BCUT2D eigenvalue weighted by atomic mass is 16.5. The van der Waals surface area contributed by atoms with Crippen LogP contribution in [0.25, 0.3) is 0 Å². The van der Waals surface area contributed by atoms with Gasteiger partial charge in [0, 0.05) is 29.7 Å². The van der Waals surface area contributed by atoms with Crippen molar-refractivity contribution < 1.29 is 19.0 Å². The average Bonchev–Trinajstić information content (AvgIpc) is 2.99. The lowest BCUT2D eigenvalue weighted by Crippen LogP contribution is -2.23. The molecule has 0 unspecified atom stereocenters. The van der Waals surface area contributed by atoms with Crippen molar-refractivity contribution in [2.24, 2.45) is 0 Å². The van der Waals surface area contributed by atoms with E-state index in [-0.39, 0.29) is 12.0 Å². The van der Waals surface area contributed by atoms with Crippen LogP contribution < -0.4 is 19.5 Å². The third kappa shape index (κ3) is 3.77. The van der Waals surface area contributed by atoms with Crippen molar-refractivity contribution in [2.45, 2.75) is 39.8 Å². The topological polar surface area (TPSA) is 56.8 Å². The van der Waals surface area contributed by atoms with Gasteiger partial charge in [0.2, 0.25) is 0 Å². The third-order valence-corrected chi connectivity index (χ3v) is 4.49. The molecule has 3 rings (SSSR count). The van der Waals surface area contributed by atoms with Gasteiger partial charge in [0.05, 0.1) is 13.7 Å². The second-order valence-electron chi connectivity index (χ2n) is 6.50. The minimum Gasteiger partial charge on any atom is -0.496 e. The van der Waals surface area contributed by atoms with Gasteiger partial charge in [0.1, 0.15) is 23.4 Å². The summed E-state index contributed by atoms with van der Waals surface area (Å²) in [6, 6.07) is 9.42. The Morgan fingerprint density at radius 1 is 1.27 bits per heavy atom. The number of carbonyl (C=O) groups is 1. The summed E-state index contributed by atoms with van der Waals surface area (Å²) in [5, 5.41) is 2.96. The van der Waals surface area contributed by atoms with Crippen LogP contribution in [-0.2, 0) is 13.0 Å². The average molecular weight is 355 g/mol. The fourth-order valence-corrected chi connectivity index (χ4v) is 3.15. The first-order valence-electron chi connectivity index (χ1n) is 8.90. The third-order valence-electron chi connectivity index (χ3n) is 4.49. The largest absolute Gasteiger partial charge is 0.496 e. The van der Waals surface area contributed by atoms with E-state index in [0.717, 1.165) is 34.6 Å². The summed E-state index contributed by atoms with van der Waals surface area (Å²) in [7, 11) is 1.60. The monoisotopic (exact) mass is 355 g/mol. The van der Waals surface area contributed by atoms with Crippen LogP contribution in [0.15, 0.2) is 30.3 Å². The van der Waals surface area contributed by atoms with E-state index in [9.17, 15) is 4.79 Å². The van der Waals surface area contributed by atoms with Crippen LogP contribution in [0.4, 0.5) is 0 Å². The van der Waals surface area contributed by atoms with Gasteiger partial charge in [-0.1, -0.05) is 6.07 Å². The van der Waals surface area contributed by atoms with Gasteiger partial charge in [-0.15, -0.1) is 0 Å². The summed E-state index contributed by atoms with van der Waals surface area (Å²) < 4.78 is 16.9. The Bertz CT molecular complexity index is 816. The minimum atomic E-state index is -0.152. The van der Waals surface area contributed by atoms with Crippen LogP contribution in [0.5, 0.6) is 17.2 Å². The number of carbonyl (C=O) groups excluding carboxylic acids is 1. The molecular weight excluding hydrogens is 330 g/mol. The Hall–Kier alpha value is -2.69. The van der Waals surface area contributed by atoms with Gasteiger partial charge in [-0.25, -0.2) is 0 Å². The zero-order valence-corrected chi connectivity index (χ0v) is 15.7. The zero-order chi connectivity index (χ0) is 18.7. The summed E-state index contributed by atoms with van der Waals surface area (Å²) >= 11 is 0. The molecule has 1 amide bonds. The van der Waals surface area contributed by atoms with Gasteiger partial charge in [-0.3, -0.25) is 4.79 Å². The van der Waals surface area contributed by atoms with Gasteiger partial charge in [-0.05, 0) is 50.6 Å². The van der Waals surface area contributed by atoms with Crippen LogP contribution in [0.1, 0.15) is 40.9 Å². The number of aryl methyl sites for hydroxylation is 1. The Morgan fingerprint density at radius 2 is 2.08 bits per heavy atom. The lowest BCUT2D eigenvalue weighted by atomic mass is 10.1. The molecule has 0 fully saturated rings. The molecule has 0 saturated carbocycles. The van der Waals surface area contributed by atoms with E-state index >= 15 is 0 Å². The normalized spacial score (nSPS) is 15.2. The quantitative estimate of drug-likeness (QED) is 0.859. The maximum absolute atomic E-state index is 12.5. The number of amides is 1. The van der Waals surface area contributed by atoms with Gasteiger partial charge in [-0.2, -0.15) is 0 Å². The van der Waals surface area contributed by atoms with Crippen LogP contribution in [0, 0.1) is 6.92 Å². The molecule has 0 radical (unpaired) electrons. The van der Waals surface area contributed by atoms with Gasteiger partial charge < -0.3 is 19.5 Å². The first kappa shape index (κ1) is 18.1. The van der Waals surface area contributed by atoms with Crippen molar-refractivity contribution in [1.29, 1.82) is 0 Å². The molecule has 2 aromatic carbocycles. The molecule has 5 heteroatoms. The molecule has 5 nitrogen and oxygen atoms in total. The lowest BCUT2D eigenvalue weighted by Gasteiger charge is -2.14. The molecule has 0 aliphatic carbocycles. The first-order chi connectivity index (χ1) is 12.5. The fourth-order valence-electron chi connectivity index (χ4n) is 3.15. The number of nitrogens with one attached hydrogen (secondary N) is 1. The standard InChI is InChI=1S/C21H25NO4/c1-5-25-19-10-16-8-14(3)26-20(16)11-17(19)12-22-21(23)15-7-6-13(2)18(9-15)24-4/h6-7,9-11,14H,5,8,12H2,1-4H3,(H,22,23)/t14-/m1/s1. The van der Waals surface area contributed by atoms with E-state index in [4.69, 9.17) is 14.2 Å². The highest BCUT2D eigenvalue weighted by Gasteiger charge is 2.22. The van der Waals surface area contributed by atoms with Gasteiger partial charge >= 0.3 is 0 Å². The summed E-state index contributed by atoms with van der Waals surface area (Å²) in [4.78, 5) is 12.5. The van der Waals surface area contributed by atoms with Crippen LogP contribution in [-0.4, -0.2) is 25.7 Å². The van der Waals surface area contributed by atoms with Crippen molar-refractivity contribution in [3.63, 3.8) is 0 Å². The number of ether oxygens (including phenoxy) is 3. The highest BCUT2D eigenvalue weighted by molar-refractivity contribution is 5.94. The summed E-state index contributed by atoms with van der Waals surface area (Å²) in [6.45, 7) is 6.89. The second kappa shape index (κ2) is 7.68. The molecule has 1 aliphatic heterocycles. The number of rotatable bonds is 6. The molecule has 1 N–H and O–H groups in total. The molecule has 1 heterocycles. The molecular formula is C21H25NO4. The van der Waals surface area contributed by atoms with E-state index in [0.29, 0.717) is 24.5 Å². The second-order valence-corrected chi connectivity index (χ2v) is 6.50. The van der Waals surface area contributed by atoms with Crippen molar-refractivity contribution in [2.75, 3.05) is 13.7 Å². The van der Waals surface area contributed by atoms with Crippen molar-refractivity contribution >= 4 is 5.91 Å². The molecule has 0 saturated heterocycles. The number of fused-ring (bicyclic) bond motifs is 1. The SMILES string of the molecule is CCOc1cc2c(cc1CNC(=O)c1ccc(C)c(OC)c1)O[C@H](C)C2. The first-order valence-corrected chi connectivity index (χ1v) is 8.90. The summed E-state index contributed by atoms with van der Waals surface area (Å²) in [5.74, 6) is 2.22. The maximum Gasteiger partial charge on any atom is 0.251 e. The number of benzene rings is 2. The molecule has 1 atom stereocenters. The highest BCUT2D eigenvalue weighted by Crippen LogP contribution is 2.35. The molecule has 0 aromatic heterocycles. The molecule has 26 heavy (non-hydrogen) atoms. The van der Waals surface area contributed by atoms with Crippen molar-refractivity contribution in [3.8, 4) is 17.2 Å². The van der Waals surface area contributed by atoms with Crippen LogP contribution >= 0.6 is 0 Å². The number of hydrogen-bond donors (Lipinski definition) is 1. The minimum absolute atomic E-state index is 0.152. The zero-order valence-electron chi connectivity index (χ0n) is 15.7. The van der Waals surface area contributed by atoms with Crippen LogP contribution in [0.2, 0.25) is 0 Å². The van der Waals surface area contributed by atoms with E-state index in [1.807, 2.05) is 39.0 Å². The van der Waals surface area contributed by atoms with Crippen LogP contribution in [0.3, 0.4) is 0 Å². The van der Waals surface area contributed by atoms with Gasteiger partial charge in [0.25, 0.3) is 5.91 Å². The Balaban J connectivity index is 1.76. The smallest absolute Gasteiger partial charge is 0.251 e. The van der Waals surface area contributed by atoms with E-state index < -0.39 is 0 Å². The number of hydrogen-bond acceptors (Lipinski definition) is 4. The molecule has 0 bridgehead atoms. The number of methoxy groups -OCH3 is 1. The Morgan fingerprint density at radius 3 is 2.81 bits per heavy atom. The van der Waals surface area contributed by atoms with Crippen molar-refractivity contribution in [1.82, 2.24) is 5.32 Å². The summed E-state index contributed by atoms with van der Waals surface area (Å²) in [6.07, 6.45) is 1.05. The predicted molar refractivity (Wildman–Crippen MR) is 100 cm³/mol. The molecule has 0 spiro atoms. The van der Waals surface area contributed by atoms with Crippen molar-refractivity contribution in [3.05, 3.63) is 52.6 Å². The molecule has 2 aromatic rings. The summed E-state index contributed by atoms with van der Waals surface area (Å²) in [5.41, 5.74) is 3.62. The Kier molecular flexibility index (Phi) is 5.35. The molecule has 138 valence electrons. The lowest BCUT2D eigenvalue weighted by molar-refractivity contribution is 0.0950. The Labute approximate surface area is 154 Å². The van der Waals surface area contributed by atoms with E-state index in [1.165, 1.54) is 0 Å². The predicted octanol–water partition coefficient (Wildman–Crippen LogP) is 3.66. The fraction of sp³-hybridized carbons (Fsp3) is 0.381.